The Hall–Kier alpha value is -0.940. The van der Waals surface area contributed by atoms with E-state index in [0.29, 0.717) is 12.0 Å². The Kier molecular flexibility index (Phi) is 5.76. The summed E-state index contributed by atoms with van der Waals surface area (Å²) in [4.78, 5) is 4.48. The molecule has 1 fully saturated rings. The van der Waals surface area contributed by atoms with Crippen molar-refractivity contribution in [3.8, 4) is 0 Å². The zero-order valence-electron chi connectivity index (χ0n) is 13.9. The second-order valence-electron chi connectivity index (χ2n) is 6.59. The second-order valence-corrected chi connectivity index (χ2v) is 6.59. The molecule has 1 saturated carbocycles. The van der Waals surface area contributed by atoms with Gasteiger partial charge in [-0.1, -0.05) is 20.8 Å². The number of hydrogen-bond donors (Lipinski definition) is 1. The molecular formula is C16H30N4O. The van der Waals surface area contributed by atoms with Gasteiger partial charge in [-0.15, -0.1) is 0 Å². The summed E-state index contributed by atoms with van der Waals surface area (Å²) in [5, 5.41) is 8.05. The van der Waals surface area contributed by atoms with Crippen LogP contribution < -0.4 is 5.32 Å². The Morgan fingerprint density at radius 1 is 1.43 bits per heavy atom. The van der Waals surface area contributed by atoms with Crippen molar-refractivity contribution in [3.63, 3.8) is 0 Å². The van der Waals surface area contributed by atoms with Crippen LogP contribution in [0.25, 0.3) is 0 Å². The van der Waals surface area contributed by atoms with Crippen molar-refractivity contribution < 1.29 is 4.74 Å². The molecule has 1 heterocycles. The number of hydrogen-bond acceptors (Lipinski definition) is 4. The van der Waals surface area contributed by atoms with Crippen LogP contribution in [0.1, 0.15) is 52.3 Å². The molecule has 5 heteroatoms. The lowest BCUT2D eigenvalue weighted by atomic mass is 9.73. The quantitative estimate of drug-likeness (QED) is 0.760. The molecule has 0 amide bonds. The first-order chi connectivity index (χ1) is 10.1. The van der Waals surface area contributed by atoms with E-state index in [-0.39, 0.29) is 5.60 Å². The minimum atomic E-state index is -0.0101. The lowest BCUT2D eigenvalue weighted by molar-refractivity contribution is -0.0985. The van der Waals surface area contributed by atoms with Gasteiger partial charge in [0.2, 0.25) is 0 Å². The number of methoxy groups -OCH3 is 1. The van der Waals surface area contributed by atoms with Gasteiger partial charge < -0.3 is 10.1 Å². The van der Waals surface area contributed by atoms with Crippen molar-refractivity contribution in [2.75, 3.05) is 13.7 Å². The molecule has 0 aromatic carbocycles. The van der Waals surface area contributed by atoms with Crippen LogP contribution in [-0.4, -0.2) is 40.1 Å². The lowest BCUT2D eigenvalue weighted by Gasteiger charge is -2.46. The van der Waals surface area contributed by atoms with Gasteiger partial charge in [0, 0.05) is 26.1 Å². The van der Waals surface area contributed by atoms with Gasteiger partial charge in [-0.3, -0.25) is 0 Å². The first-order valence-electron chi connectivity index (χ1n) is 8.26. The van der Waals surface area contributed by atoms with E-state index in [1.807, 2.05) is 11.8 Å². The van der Waals surface area contributed by atoms with Crippen molar-refractivity contribution in [3.05, 3.63) is 12.2 Å². The molecule has 0 bridgehead atoms. The van der Waals surface area contributed by atoms with Gasteiger partial charge in [0.05, 0.1) is 5.60 Å². The third-order valence-corrected chi connectivity index (χ3v) is 4.50. The van der Waals surface area contributed by atoms with E-state index in [4.69, 9.17) is 4.74 Å². The summed E-state index contributed by atoms with van der Waals surface area (Å²) in [6, 6.07) is 0.325. The fourth-order valence-electron chi connectivity index (χ4n) is 3.11. The minimum Gasteiger partial charge on any atom is -0.377 e. The number of rotatable bonds is 9. The lowest BCUT2D eigenvalue weighted by Crippen LogP contribution is -2.57. The average Bonchev–Trinajstić information content (AvgIpc) is 2.81. The number of nitrogens with one attached hydrogen (secondary N) is 1. The molecular weight excluding hydrogens is 264 g/mol. The molecule has 1 aromatic heterocycles. The van der Waals surface area contributed by atoms with Crippen LogP contribution >= 0.6 is 0 Å². The van der Waals surface area contributed by atoms with E-state index in [2.05, 4.69) is 36.2 Å². The predicted molar refractivity (Wildman–Crippen MR) is 84.2 cm³/mol. The highest BCUT2D eigenvalue weighted by Gasteiger charge is 2.44. The maximum absolute atomic E-state index is 5.88. The smallest absolute Gasteiger partial charge is 0.138 e. The molecule has 0 saturated heterocycles. The molecule has 0 spiro atoms. The van der Waals surface area contributed by atoms with Crippen molar-refractivity contribution >= 4 is 0 Å². The molecule has 2 rings (SSSR count). The van der Waals surface area contributed by atoms with E-state index in [9.17, 15) is 0 Å². The van der Waals surface area contributed by atoms with E-state index in [0.717, 1.165) is 44.6 Å². The topological polar surface area (TPSA) is 52.0 Å². The Bertz CT molecular complexity index is 420. The second kappa shape index (κ2) is 7.36. The fourth-order valence-corrected chi connectivity index (χ4v) is 3.11. The van der Waals surface area contributed by atoms with Gasteiger partial charge in [-0.2, -0.15) is 5.10 Å². The monoisotopic (exact) mass is 294 g/mol. The summed E-state index contributed by atoms with van der Waals surface area (Å²) in [5.74, 6) is 1.65. The predicted octanol–water partition coefficient (Wildman–Crippen LogP) is 2.41. The Balaban J connectivity index is 2.09. The van der Waals surface area contributed by atoms with Crippen LogP contribution in [0.5, 0.6) is 0 Å². The van der Waals surface area contributed by atoms with Crippen LogP contribution in [0, 0.1) is 5.92 Å². The van der Waals surface area contributed by atoms with Crippen LogP contribution in [0.15, 0.2) is 6.33 Å². The summed E-state index contributed by atoms with van der Waals surface area (Å²) in [7, 11) is 1.85. The van der Waals surface area contributed by atoms with Crippen LogP contribution in [0.2, 0.25) is 0 Å². The SMILES string of the molecule is CCCNC(Cc1ncnn1CC(C)C)C1(OC)CCC1. The van der Waals surface area contributed by atoms with Gasteiger partial charge in [-0.05, 0) is 38.1 Å². The Morgan fingerprint density at radius 2 is 2.19 bits per heavy atom. The Morgan fingerprint density at radius 3 is 2.71 bits per heavy atom. The highest BCUT2D eigenvalue weighted by molar-refractivity contribution is 5.04. The van der Waals surface area contributed by atoms with Crippen LogP contribution in [-0.2, 0) is 17.7 Å². The van der Waals surface area contributed by atoms with Gasteiger partial charge in [-0.25, -0.2) is 9.67 Å². The molecule has 5 nitrogen and oxygen atoms in total. The highest BCUT2D eigenvalue weighted by Crippen LogP contribution is 2.39. The largest absolute Gasteiger partial charge is 0.377 e. The van der Waals surface area contributed by atoms with Crippen molar-refractivity contribution in [2.24, 2.45) is 5.92 Å². The number of aromatic nitrogens is 3. The third kappa shape index (κ3) is 3.83. The van der Waals surface area contributed by atoms with E-state index in [1.165, 1.54) is 6.42 Å². The van der Waals surface area contributed by atoms with Crippen molar-refractivity contribution in [1.29, 1.82) is 0 Å². The maximum atomic E-state index is 5.88. The van der Waals surface area contributed by atoms with Crippen LogP contribution in [0.4, 0.5) is 0 Å². The number of ether oxygens (including phenoxy) is 1. The van der Waals surface area contributed by atoms with Gasteiger partial charge in [0.1, 0.15) is 12.2 Å². The highest BCUT2D eigenvalue weighted by atomic mass is 16.5. The molecule has 21 heavy (non-hydrogen) atoms. The first-order valence-corrected chi connectivity index (χ1v) is 8.26. The average molecular weight is 294 g/mol. The molecule has 1 aliphatic carbocycles. The summed E-state index contributed by atoms with van der Waals surface area (Å²) in [6.07, 6.45) is 7.24. The molecule has 120 valence electrons. The maximum Gasteiger partial charge on any atom is 0.138 e. The zero-order chi connectivity index (χ0) is 15.3. The summed E-state index contributed by atoms with van der Waals surface area (Å²) < 4.78 is 7.93. The molecule has 0 aliphatic heterocycles. The molecule has 1 atom stereocenters. The molecule has 1 N–H and O–H groups in total. The molecule has 1 aliphatic rings. The van der Waals surface area contributed by atoms with Gasteiger partial charge in [0.15, 0.2) is 0 Å². The standard InChI is InChI=1S/C16H30N4O/c1-5-9-17-14(16(21-4)7-6-8-16)10-15-18-12-19-20(15)11-13(2)3/h12-14,17H,5-11H2,1-4H3. The molecule has 1 aromatic rings. The summed E-state index contributed by atoms with van der Waals surface area (Å²) >= 11 is 0. The van der Waals surface area contributed by atoms with E-state index >= 15 is 0 Å². The third-order valence-electron chi connectivity index (χ3n) is 4.50. The zero-order valence-corrected chi connectivity index (χ0v) is 13.9. The van der Waals surface area contributed by atoms with E-state index < -0.39 is 0 Å². The fraction of sp³-hybridized carbons (Fsp3) is 0.875. The van der Waals surface area contributed by atoms with Gasteiger partial charge >= 0.3 is 0 Å². The number of nitrogens with zero attached hydrogens (tertiary/aromatic N) is 3. The summed E-state index contributed by atoms with van der Waals surface area (Å²) in [5.41, 5.74) is -0.0101. The Labute approximate surface area is 128 Å². The normalized spacial score (nSPS) is 18.7. The van der Waals surface area contributed by atoms with Crippen molar-refractivity contribution in [2.45, 2.75) is 71.1 Å². The molecule has 0 radical (unpaired) electrons. The molecule has 1 unspecified atom stereocenters. The first kappa shape index (κ1) is 16.4. The van der Waals surface area contributed by atoms with Crippen molar-refractivity contribution in [1.82, 2.24) is 20.1 Å². The van der Waals surface area contributed by atoms with E-state index in [1.54, 1.807) is 6.33 Å². The summed E-state index contributed by atoms with van der Waals surface area (Å²) in [6.45, 7) is 8.57. The van der Waals surface area contributed by atoms with Gasteiger partial charge in [0.25, 0.3) is 0 Å². The van der Waals surface area contributed by atoms with Crippen LogP contribution in [0.3, 0.4) is 0 Å². The minimum absolute atomic E-state index is 0.0101.